The lowest BCUT2D eigenvalue weighted by atomic mass is 9.99. The molecule has 0 aliphatic carbocycles. The molecule has 0 N–H and O–H groups in total. The number of carbonyl (C=O) groups excluding carboxylic acids is 2. The van der Waals surface area contributed by atoms with E-state index < -0.39 is 23.1 Å². The number of rotatable bonds is 6. The van der Waals surface area contributed by atoms with Gasteiger partial charge in [0, 0.05) is 12.8 Å². The van der Waals surface area contributed by atoms with E-state index in [1.165, 1.54) is 0 Å². The molecule has 1 aromatic rings. The molecule has 2 aliphatic heterocycles. The maximum atomic E-state index is 12.3. The highest BCUT2D eigenvalue weighted by Crippen LogP contribution is 2.27. The fraction of sp³-hybridized carbons (Fsp3) is 0.556. The minimum absolute atomic E-state index is 0.168. The largest absolute Gasteiger partial charge is 0.459 e. The predicted octanol–water partition coefficient (Wildman–Crippen LogP) is 2.36. The first-order chi connectivity index (χ1) is 11.4. The molecule has 2 aliphatic rings. The van der Waals surface area contributed by atoms with Crippen molar-refractivity contribution in [2.75, 3.05) is 26.4 Å². The second-order valence-electron chi connectivity index (χ2n) is 6.79. The van der Waals surface area contributed by atoms with Crippen LogP contribution in [-0.4, -0.2) is 49.6 Å². The Morgan fingerprint density at radius 1 is 0.917 bits per heavy atom. The van der Waals surface area contributed by atoms with Crippen molar-refractivity contribution in [2.24, 2.45) is 0 Å². The SMILES string of the molecule is CC1(COC(=O)c2ccccc2C(=O)OCC2(C)CCO2)CCO1. The average Bonchev–Trinajstić information content (AvgIpc) is 2.54. The van der Waals surface area contributed by atoms with Crippen LogP contribution >= 0.6 is 0 Å². The molecule has 130 valence electrons. The Morgan fingerprint density at radius 2 is 1.29 bits per heavy atom. The van der Waals surface area contributed by atoms with Crippen molar-refractivity contribution in [2.45, 2.75) is 37.9 Å². The first-order valence-electron chi connectivity index (χ1n) is 8.12. The molecule has 2 saturated heterocycles. The summed E-state index contributed by atoms with van der Waals surface area (Å²) in [6.07, 6.45) is 1.70. The predicted molar refractivity (Wildman–Crippen MR) is 85.0 cm³/mol. The van der Waals surface area contributed by atoms with Gasteiger partial charge in [-0.15, -0.1) is 0 Å². The van der Waals surface area contributed by atoms with Crippen molar-refractivity contribution in [3.63, 3.8) is 0 Å². The summed E-state index contributed by atoms with van der Waals surface area (Å²) in [6, 6.07) is 6.49. The van der Waals surface area contributed by atoms with Crippen LogP contribution in [0.5, 0.6) is 0 Å². The quantitative estimate of drug-likeness (QED) is 0.744. The second-order valence-corrected chi connectivity index (χ2v) is 6.79. The number of hydrogen-bond donors (Lipinski definition) is 0. The molecule has 3 rings (SSSR count). The molecule has 0 bridgehead atoms. The summed E-state index contributed by atoms with van der Waals surface area (Å²) in [5.74, 6) is -1.10. The van der Waals surface area contributed by atoms with Gasteiger partial charge in [0.05, 0.1) is 24.3 Å². The third-order valence-corrected chi connectivity index (χ3v) is 4.55. The molecular formula is C18H22O6. The molecule has 2 atom stereocenters. The summed E-state index contributed by atoms with van der Waals surface area (Å²) >= 11 is 0. The molecule has 2 unspecified atom stereocenters. The van der Waals surface area contributed by atoms with Crippen LogP contribution < -0.4 is 0 Å². The zero-order chi connectivity index (χ0) is 17.2. The van der Waals surface area contributed by atoms with Crippen molar-refractivity contribution in [3.8, 4) is 0 Å². The molecular weight excluding hydrogens is 312 g/mol. The van der Waals surface area contributed by atoms with E-state index in [0.29, 0.717) is 13.2 Å². The van der Waals surface area contributed by atoms with Crippen LogP contribution in [0.2, 0.25) is 0 Å². The summed E-state index contributed by atoms with van der Waals surface area (Å²) in [5, 5.41) is 0. The first-order valence-corrected chi connectivity index (χ1v) is 8.12. The van der Waals surface area contributed by atoms with Gasteiger partial charge < -0.3 is 18.9 Å². The highest BCUT2D eigenvalue weighted by Gasteiger charge is 2.36. The Hall–Kier alpha value is -1.92. The van der Waals surface area contributed by atoms with Crippen LogP contribution in [0.25, 0.3) is 0 Å². The molecule has 2 heterocycles. The fourth-order valence-corrected chi connectivity index (χ4v) is 2.56. The van der Waals surface area contributed by atoms with E-state index in [1.54, 1.807) is 24.3 Å². The summed E-state index contributed by atoms with van der Waals surface area (Å²) in [4.78, 5) is 24.6. The molecule has 0 saturated carbocycles. The van der Waals surface area contributed by atoms with E-state index in [0.717, 1.165) is 12.8 Å². The van der Waals surface area contributed by atoms with Crippen molar-refractivity contribution in [1.82, 2.24) is 0 Å². The molecule has 6 nitrogen and oxygen atoms in total. The van der Waals surface area contributed by atoms with E-state index in [2.05, 4.69) is 0 Å². The summed E-state index contributed by atoms with van der Waals surface area (Å²) in [6.45, 7) is 5.48. The Bertz CT molecular complexity index is 575. The Kier molecular flexibility index (Phi) is 4.60. The van der Waals surface area contributed by atoms with Gasteiger partial charge >= 0.3 is 11.9 Å². The zero-order valence-corrected chi connectivity index (χ0v) is 14.0. The van der Waals surface area contributed by atoms with E-state index in [1.807, 2.05) is 13.8 Å². The maximum Gasteiger partial charge on any atom is 0.339 e. The number of carbonyl (C=O) groups is 2. The zero-order valence-electron chi connectivity index (χ0n) is 14.0. The van der Waals surface area contributed by atoms with Crippen molar-refractivity contribution >= 4 is 11.9 Å². The van der Waals surface area contributed by atoms with Crippen molar-refractivity contribution in [3.05, 3.63) is 35.4 Å². The third kappa shape index (κ3) is 3.60. The lowest BCUT2D eigenvalue weighted by molar-refractivity contribution is -0.159. The van der Waals surface area contributed by atoms with E-state index >= 15 is 0 Å². The maximum absolute atomic E-state index is 12.3. The molecule has 0 aromatic heterocycles. The third-order valence-electron chi connectivity index (χ3n) is 4.55. The van der Waals surface area contributed by atoms with Crippen molar-refractivity contribution in [1.29, 1.82) is 0 Å². The Labute approximate surface area is 141 Å². The Balaban J connectivity index is 1.63. The Morgan fingerprint density at radius 3 is 1.58 bits per heavy atom. The summed E-state index contributed by atoms with van der Waals surface area (Å²) in [7, 11) is 0. The second kappa shape index (κ2) is 6.53. The monoisotopic (exact) mass is 334 g/mol. The van der Waals surface area contributed by atoms with Gasteiger partial charge in [0.1, 0.15) is 24.4 Å². The van der Waals surface area contributed by atoms with Gasteiger partial charge in [-0.3, -0.25) is 0 Å². The van der Waals surface area contributed by atoms with Gasteiger partial charge in [-0.2, -0.15) is 0 Å². The lowest BCUT2D eigenvalue weighted by Gasteiger charge is -2.38. The van der Waals surface area contributed by atoms with Crippen LogP contribution in [0.3, 0.4) is 0 Å². The number of hydrogen-bond acceptors (Lipinski definition) is 6. The minimum Gasteiger partial charge on any atom is -0.459 e. The normalized spacial score (nSPS) is 28.4. The fourth-order valence-electron chi connectivity index (χ4n) is 2.56. The van der Waals surface area contributed by atoms with Crippen molar-refractivity contribution < 1.29 is 28.5 Å². The van der Waals surface area contributed by atoms with Gasteiger partial charge in [0.15, 0.2) is 0 Å². The molecule has 0 radical (unpaired) electrons. The highest BCUT2D eigenvalue weighted by atomic mass is 16.6. The van der Waals surface area contributed by atoms with Crippen LogP contribution in [0.4, 0.5) is 0 Å². The lowest BCUT2D eigenvalue weighted by Crippen LogP contribution is -2.45. The van der Waals surface area contributed by atoms with Gasteiger partial charge in [-0.25, -0.2) is 9.59 Å². The van der Waals surface area contributed by atoms with Gasteiger partial charge in [-0.1, -0.05) is 12.1 Å². The molecule has 24 heavy (non-hydrogen) atoms. The number of esters is 2. The van der Waals surface area contributed by atoms with Gasteiger partial charge in [0.25, 0.3) is 0 Å². The topological polar surface area (TPSA) is 71.1 Å². The molecule has 6 heteroatoms. The van der Waals surface area contributed by atoms with Crippen LogP contribution in [0, 0.1) is 0 Å². The van der Waals surface area contributed by atoms with E-state index in [9.17, 15) is 9.59 Å². The van der Waals surface area contributed by atoms with E-state index in [-0.39, 0.29) is 24.3 Å². The van der Waals surface area contributed by atoms with Crippen LogP contribution in [0.15, 0.2) is 24.3 Å². The molecule has 0 amide bonds. The summed E-state index contributed by atoms with van der Waals surface area (Å²) < 4.78 is 21.4. The summed E-state index contributed by atoms with van der Waals surface area (Å²) in [5.41, 5.74) is -0.432. The minimum atomic E-state index is -0.551. The smallest absolute Gasteiger partial charge is 0.339 e. The first kappa shape index (κ1) is 16.9. The van der Waals surface area contributed by atoms with Crippen LogP contribution in [-0.2, 0) is 18.9 Å². The molecule has 0 spiro atoms. The van der Waals surface area contributed by atoms with Gasteiger partial charge in [-0.05, 0) is 26.0 Å². The standard InChI is InChI=1S/C18H22O6/c1-17(7-9-23-17)11-21-15(19)13-5-3-4-6-14(13)16(20)22-12-18(2)8-10-24-18/h3-6H,7-12H2,1-2H3. The number of ether oxygens (including phenoxy) is 4. The molecule has 1 aromatic carbocycles. The highest BCUT2D eigenvalue weighted by molar-refractivity contribution is 6.03. The average molecular weight is 334 g/mol. The van der Waals surface area contributed by atoms with Gasteiger partial charge in [0.2, 0.25) is 0 Å². The van der Waals surface area contributed by atoms with Crippen LogP contribution in [0.1, 0.15) is 47.4 Å². The van der Waals surface area contributed by atoms with E-state index in [4.69, 9.17) is 18.9 Å². The molecule has 2 fully saturated rings. The number of benzene rings is 1.